The first-order chi connectivity index (χ1) is 14.7. The number of fused-ring (bicyclic) bond motifs is 3. The molecule has 0 spiro atoms. The van der Waals surface area contributed by atoms with Gasteiger partial charge in [0.2, 0.25) is 0 Å². The highest BCUT2D eigenvalue weighted by Crippen LogP contribution is 2.38. The van der Waals surface area contributed by atoms with Gasteiger partial charge < -0.3 is 14.7 Å². The second kappa shape index (κ2) is 7.62. The Labute approximate surface area is 177 Å². The number of para-hydroxylation sites is 1. The average Bonchev–Trinajstić information content (AvgIpc) is 3.30. The molecule has 4 heteroatoms. The van der Waals surface area contributed by atoms with Crippen LogP contribution in [0.5, 0.6) is 5.75 Å². The summed E-state index contributed by atoms with van der Waals surface area (Å²) in [6.45, 7) is 1.47. The van der Waals surface area contributed by atoms with E-state index in [2.05, 4.69) is 52.4 Å². The highest BCUT2D eigenvalue weighted by Gasteiger charge is 2.44. The Bertz CT molecular complexity index is 1090. The van der Waals surface area contributed by atoms with Crippen LogP contribution in [0.15, 0.2) is 77.8 Å². The number of rotatable bonds is 5. The molecule has 152 valence electrons. The monoisotopic (exact) mass is 398 g/mol. The van der Waals surface area contributed by atoms with Crippen LogP contribution in [0.3, 0.4) is 0 Å². The summed E-state index contributed by atoms with van der Waals surface area (Å²) in [5.74, 6) is 1.85. The minimum absolute atomic E-state index is 0.572. The second-order valence-electron chi connectivity index (χ2n) is 8.02. The molecule has 2 heterocycles. The summed E-state index contributed by atoms with van der Waals surface area (Å²) in [7, 11) is 1.71. The Morgan fingerprint density at radius 1 is 0.967 bits per heavy atom. The topological polar surface area (TPSA) is 45.1 Å². The molecule has 0 bridgehead atoms. The molecule has 1 atom stereocenters. The normalized spacial score (nSPS) is 19.8. The van der Waals surface area contributed by atoms with Gasteiger partial charge in [0.15, 0.2) is 5.72 Å². The number of methoxy groups -OCH3 is 1. The van der Waals surface area contributed by atoms with E-state index in [1.807, 2.05) is 30.3 Å². The van der Waals surface area contributed by atoms with Crippen LogP contribution >= 0.6 is 0 Å². The molecular weight excluding hydrogens is 372 g/mol. The highest BCUT2D eigenvalue weighted by molar-refractivity contribution is 6.02. The third-order valence-electron chi connectivity index (χ3n) is 6.27. The lowest BCUT2D eigenvalue weighted by molar-refractivity contribution is -0.0745. The number of hydrogen-bond acceptors (Lipinski definition) is 4. The van der Waals surface area contributed by atoms with E-state index in [0.29, 0.717) is 6.42 Å². The zero-order valence-corrected chi connectivity index (χ0v) is 17.2. The lowest BCUT2D eigenvalue weighted by Gasteiger charge is -2.43. The summed E-state index contributed by atoms with van der Waals surface area (Å²) in [5.41, 5.74) is 4.63. The Balaban J connectivity index is 1.38. The first-order valence-corrected chi connectivity index (χ1v) is 10.5. The van der Waals surface area contributed by atoms with Gasteiger partial charge in [-0.3, -0.25) is 4.99 Å². The van der Waals surface area contributed by atoms with Crippen LogP contribution in [0.2, 0.25) is 0 Å². The van der Waals surface area contributed by atoms with Gasteiger partial charge in [-0.25, -0.2) is 0 Å². The molecule has 1 unspecified atom stereocenters. The number of benzene rings is 3. The molecule has 3 aromatic rings. The van der Waals surface area contributed by atoms with Gasteiger partial charge in [0, 0.05) is 24.1 Å². The molecule has 0 fully saturated rings. The summed E-state index contributed by atoms with van der Waals surface area (Å²) in [6, 6.07) is 24.8. The number of aryl methyl sites for hydroxylation is 2. The van der Waals surface area contributed by atoms with Crippen molar-refractivity contribution in [2.24, 2.45) is 4.99 Å². The van der Waals surface area contributed by atoms with Crippen molar-refractivity contribution in [3.8, 4) is 5.75 Å². The van der Waals surface area contributed by atoms with Gasteiger partial charge >= 0.3 is 0 Å². The van der Waals surface area contributed by atoms with Crippen molar-refractivity contribution in [3.05, 3.63) is 101 Å². The van der Waals surface area contributed by atoms with E-state index in [1.165, 1.54) is 11.1 Å². The smallest absolute Gasteiger partial charge is 0.169 e. The fourth-order valence-electron chi connectivity index (χ4n) is 4.68. The van der Waals surface area contributed by atoms with Crippen LogP contribution in [0.1, 0.15) is 27.8 Å². The predicted octanol–water partition coefficient (Wildman–Crippen LogP) is 3.94. The van der Waals surface area contributed by atoms with Crippen LogP contribution in [-0.4, -0.2) is 36.0 Å². The van der Waals surface area contributed by atoms with E-state index in [-0.39, 0.29) is 0 Å². The molecule has 5 rings (SSSR count). The number of ether oxygens (including phenoxy) is 1. The number of nitrogens with zero attached hydrogens (tertiary/aromatic N) is 2. The second-order valence-corrected chi connectivity index (χ2v) is 8.02. The Hall–Kier alpha value is -3.11. The van der Waals surface area contributed by atoms with Gasteiger partial charge in [0.1, 0.15) is 11.6 Å². The Morgan fingerprint density at radius 3 is 2.57 bits per heavy atom. The van der Waals surface area contributed by atoms with E-state index in [9.17, 15) is 5.11 Å². The van der Waals surface area contributed by atoms with Crippen molar-refractivity contribution < 1.29 is 9.84 Å². The molecule has 30 heavy (non-hydrogen) atoms. The van der Waals surface area contributed by atoms with Crippen molar-refractivity contribution in [2.45, 2.75) is 25.0 Å². The predicted molar refractivity (Wildman–Crippen MR) is 119 cm³/mol. The molecule has 0 amide bonds. The zero-order valence-electron chi connectivity index (χ0n) is 17.2. The van der Waals surface area contributed by atoms with Crippen LogP contribution in [0.4, 0.5) is 0 Å². The maximum absolute atomic E-state index is 11.8. The molecular formula is C26H26N2O2. The van der Waals surface area contributed by atoms with Crippen molar-refractivity contribution in [1.29, 1.82) is 0 Å². The first kappa shape index (κ1) is 18.9. The third kappa shape index (κ3) is 3.17. The van der Waals surface area contributed by atoms with Gasteiger partial charge in [-0.05, 0) is 35.6 Å². The van der Waals surface area contributed by atoms with Gasteiger partial charge in [0.25, 0.3) is 0 Å². The molecule has 0 saturated heterocycles. The minimum Gasteiger partial charge on any atom is -0.496 e. The van der Waals surface area contributed by atoms with Gasteiger partial charge in [-0.2, -0.15) is 0 Å². The van der Waals surface area contributed by atoms with E-state index < -0.39 is 5.72 Å². The van der Waals surface area contributed by atoms with E-state index in [0.717, 1.165) is 54.2 Å². The lowest BCUT2D eigenvalue weighted by Crippen LogP contribution is -2.53. The third-order valence-corrected chi connectivity index (χ3v) is 6.27. The zero-order chi connectivity index (χ0) is 20.6. The number of aliphatic hydroxyl groups is 1. The van der Waals surface area contributed by atoms with Crippen molar-refractivity contribution in [1.82, 2.24) is 4.90 Å². The number of aliphatic imine (C=N–C) groups is 1. The highest BCUT2D eigenvalue weighted by atomic mass is 16.5. The summed E-state index contributed by atoms with van der Waals surface area (Å²) in [4.78, 5) is 6.76. The van der Waals surface area contributed by atoms with E-state index >= 15 is 0 Å². The summed E-state index contributed by atoms with van der Waals surface area (Å²) in [5, 5.41) is 11.8. The maximum atomic E-state index is 11.8. The lowest BCUT2D eigenvalue weighted by atomic mass is 9.86. The molecule has 3 aromatic carbocycles. The quantitative estimate of drug-likeness (QED) is 0.708. The van der Waals surface area contributed by atoms with Gasteiger partial charge in [-0.1, -0.05) is 66.7 Å². The number of amidine groups is 1. The first-order valence-electron chi connectivity index (χ1n) is 10.5. The van der Waals surface area contributed by atoms with Crippen LogP contribution in [-0.2, 0) is 25.0 Å². The van der Waals surface area contributed by atoms with Crippen LogP contribution in [0.25, 0.3) is 0 Å². The van der Waals surface area contributed by atoms with Gasteiger partial charge in [0.05, 0.1) is 13.7 Å². The molecule has 0 aliphatic carbocycles. The molecule has 2 aliphatic rings. The molecule has 0 aromatic heterocycles. The Kier molecular flexibility index (Phi) is 4.80. The Morgan fingerprint density at radius 2 is 1.73 bits per heavy atom. The fourth-order valence-corrected chi connectivity index (χ4v) is 4.68. The van der Waals surface area contributed by atoms with Crippen molar-refractivity contribution >= 4 is 5.84 Å². The van der Waals surface area contributed by atoms with Crippen molar-refractivity contribution in [3.63, 3.8) is 0 Å². The molecule has 2 aliphatic heterocycles. The van der Waals surface area contributed by atoms with Crippen LogP contribution < -0.4 is 4.74 Å². The molecule has 1 N–H and O–H groups in total. The van der Waals surface area contributed by atoms with Gasteiger partial charge in [-0.15, -0.1) is 0 Å². The summed E-state index contributed by atoms with van der Waals surface area (Å²) >= 11 is 0. The summed E-state index contributed by atoms with van der Waals surface area (Å²) < 4.78 is 5.46. The fraction of sp³-hybridized carbons (Fsp3) is 0.269. The molecule has 0 radical (unpaired) electrons. The van der Waals surface area contributed by atoms with Crippen molar-refractivity contribution in [2.75, 3.05) is 20.2 Å². The maximum Gasteiger partial charge on any atom is 0.169 e. The minimum atomic E-state index is -1.05. The van der Waals surface area contributed by atoms with E-state index in [4.69, 9.17) is 4.74 Å². The summed E-state index contributed by atoms with van der Waals surface area (Å²) in [6.07, 6.45) is 2.42. The van der Waals surface area contributed by atoms with Crippen LogP contribution in [0, 0.1) is 0 Å². The largest absolute Gasteiger partial charge is 0.496 e. The standard InChI is InChI=1S/C26H26N2O2/c1-30-24-9-5-3-6-20(24)13-10-19-11-14-22(15-12-19)26(29)18-21-7-2-4-8-23(21)25-27-16-17-28(25)26/h2-9,11-12,14-15,29H,10,13,16-18H2,1H3. The molecule has 4 nitrogen and oxygen atoms in total. The van der Waals surface area contributed by atoms with E-state index in [1.54, 1.807) is 7.11 Å². The average molecular weight is 399 g/mol. The SMILES string of the molecule is COc1ccccc1CCc1ccc(C2(O)Cc3ccccc3C3=NCCN32)cc1. The number of hydrogen-bond donors (Lipinski definition) is 1. The molecule has 0 saturated carbocycles.